The molecule has 2 aliphatic heterocycles. The summed E-state index contributed by atoms with van der Waals surface area (Å²) in [7, 11) is 0. The highest BCUT2D eigenvalue weighted by Crippen LogP contribution is 2.38. The molecule has 0 amide bonds. The predicted molar refractivity (Wildman–Crippen MR) is 139 cm³/mol. The lowest BCUT2D eigenvalue weighted by molar-refractivity contribution is -0.146. The number of benzene rings is 2. The molecule has 4 rings (SSSR count). The molecule has 0 saturated heterocycles. The fourth-order valence-electron chi connectivity index (χ4n) is 4.24. The second kappa shape index (κ2) is 10.8. The molecule has 0 saturated carbocycles. The Morgan fingerprint density at radius 3 is 1.59 bits per heavy atom. The lowest BCUT2D eigenvalue weighted by Gasteiger charge is -2.33. The van der Waals surface area contributed by atoms with Crippen LogP contribution < -0.4 is 9.47 Å². The molecule has 0 radical (unpaired) electrons. The Hall–Kier alpha value is -3.62. The third kappa shape index (κ3) is 6.03. The normalized spacial score (nSPS) is 15.5. The Bertz CT molecular complexity index is 1140. The van der Waals surface area contributed by atoms with Crippen LogP contribution >= 0.6 is 0 Å². The van der Waals surface area contributed by atoms with E-state index in [1.807, 2.05) is 21.9 Å². The van der Waals surface area contributed by atoms with Gasteiger partial charge in [0.1, 0.15) is 38.4 Å². The molecule has 2 aromatic carbocycles. The van der Waals surface area contributed by atoms with Gasteiger partial charge in [-0.3, -0.25) is 0 Å². The first-order chi connectivity index (χ1) is 17.5. The first kappa shape index (κ1) is 26.4. The number of fused-ring (bicyclic) bond motifs is 2. The van der Waals surface area contributed by atoms with Crippen LogP contribution in [-0.2, 0) is 37.6 Å². The van der Waals surface area contributed by atoms with Crippen LogP contribution in [0.3, 0.4) is 0 Å². The number of rotatable bonds is 8. The van der Waals surface area contributed by atoms with Crippen LogP contribution in [0.25, 0.3) is 0 Å². The molecule has 0 N–H and O–H groups in total. The van der Waals surface area contributed by atoms with Crippen molar-refractivity contribution in [2.24, 2.45) is 0 Å². The molecule has 0 fully saturated rings. The predicted octanol–water partition coefficient (Wildman–Crippen LogP) is 4.47. The molecule has 37 heavy (non-hydrogen) atoms. The maximum atomic E-state index is 11.8. The molecule has 8 heteroatoms. The Kier molecular flexibility index (Phi) is 7.71. The van der Waals surface area contributed by atoms with Crippen LogP contribution in [0.4, 0.5) is 0 Å². The maximum Gasteiger partial charge on any atom is 0.334 e. The molecule has 2 heterocycles. The average Bonchev–Trinajstić information content (AvgIpc) is 2.89. The van der Waals surface area contributed by atoms with Gasteiger partial charge in [-0.15, -0.1) is 0 Å². The summed E-state index contributed by atoms with van der Waals surface area (Å²) in [5, 5.41) is 0. The van der Waals surface area contributed by atoms with Gasteiger partial charge in [-0.25, -0.2) is 19.4 Å². The van der Waals surface area contributed by atoms with Crippen molar-refractivity contribution >= 4 is 11.9 Å². The number of hydrogen-bond acceptors (Lipinski definition) is 8. The zero-order valence-corrected chi connectivity index (χ0v) is 22.0. The number of nitrogens with zero attached hydrogens (tertiary/aromatic N) is 2. The standard InChI is InChI=1S/C29H34N2O6/c1-19(2)27(32)36-17-30-13-21-11-23(7-9-25(21)34-15-30)29(5,6)24-8-10-26-22(12-24)14-31(16-35-26)18-37-28(33)20(3)4/h7-12H,1,3,13-18H2,2,4-6H3. The first-order valence-corrected chi connectivity index (χ1v) is 12.2. The third-order valence-electron chi connectivity index (χ3n) is 6.61. The molecule has 0 unspecified atom stereocenters. The molecular formula is C29H34N2O6. The minimum atomic E-state index is -0.412. The van der Waals surface area contributed by atoms with E-state index in [4.69, 9.17) is 18.9 Å². The van der Waals surface area contributed by atoms with Gasteiger partial charge in [0.2, 0.25) is 0 Å². The topological polar surface area (TPSA) is 77.5 Å². The minimum absolute atomic E-state index is 0.141. The van der Waals surface area contributed by atoms with Crippen molar-refractivity contribution in [3.8, 4) is 11.5 Å². The molecule has 0 aromatic heterocycles. The van der Waals surface area contributed by atoms with Crippen LogP contribution in [0, 0.1) is 0 Å². The van der Waals surface area contributed by atoms with Crippen LogP contribution in [0.1, 0.15) is 49.9 Å². The second-order valence-electron chi connectivity index (χ2n) is 10.2. The number of hydrogen-bond donors (Lipinski definition) is 0. The van der Waals surface area contributed by atoms with Gasteiger partial charge in [-0.05, 0) is 49.2 Å². The summed E-state index contributed by atoms with van der Waals surface area (Å²) in [6.07, 6.45) is 0. The van der Waals surface area contributed by atoms with Crippen molar-refractivity contribution in [2.45, 2.75) is 46.2 Å². The lowest BCUT2D eigenvalue weighted by atomic mass is 9.77. The largest absolute Gasteiger partial charge is 0.478 e. The molecule has 0 spiro atoms. The van der Waals surface area contributed by atoms with E-state index in [1.165, 1.54) is 0 Å². The van der Waals surface area contributed by atoms with E-state index < -0.39 is 11.9 Å². The summed E-state index contributed by atoms with van der Waals surface area (Å²) in [5.74, 6) is 0.843. The zero-order chi connectivity index (χ0) is 26.7. The molecule has 2 aromatic rings. The van der Waals surface area contributed by atoms with Gasteiger partial charge in [-0.1, -0.05) is 39.1 Å². The van der Waals surface area contributed by atoms with Gasteiger partial charge in [0.25, 0.3) is 0 Å². The zero-order valence-electron chi connectivity index (χ0n) is 22.0. The van der Waals surface area contributed by atoms with E-state index in [-0.39, 0.29) is 18.9 Å². The lowest BCUT2D eigenvalue weighted by Crippen LogP contribution is -2.35. The highest BCUT2D eigenvalue weighted by atomic mass is 16.6. The van der Waals surface area contributed by atoms with E-state index in [1.54, 1.807) is 13.8 Å². The summed E-state index contributed by atoms with van der Waals surface area (Å²) in [4.78, 5) is 27.4. The quantitative estimate of drug-likeness (QED) is 0.383. The van der Waals surface area contributed by atoms with Crippen LogP contribution in [0.2, 0.25) is 0 Å². The van der Waals surface area contributed by atoms with Crippen LogP contribution in [-0.4, -0.2) is 48.7 Å². The van der Waals surface area contributed by atoms with Crippen molar-refractivity contribution < 1.29 is 28.5 Å². The van der Waals surface area contributed by atoms with E-state index in [0.717, 1.165) is 33.8 Å². The fraction of sp³-hybridized carbons (Fsp3) is 0.379. The molecule has 0 atom stereocenters. The van der Waals surface area contributed by atoms with Gasteiger partial charge in [0.15, 0.2) is 0 Å². The van der Waals surface area contributed by atoms with Gasteiger partial charge < -0.3 is 18.9 Å². The van der Waals surface area contributed by atoms with Gasteiger partial charge in [-0.2, -0.15) is 0 Å². The molecule has 196 valence electrons. The van der Waals surface area contributed by atoms with E-state index in [0.29, 0.717) is 37.7 Å². The van der Waals surface area contributed by atoms with Gasteiger partial charge >= 0.3 is 11.9 Å². The Morgan fingerprint density at radius 2 is 1.22 bits per heavy atom. The maximum absolute atomic E-state index is 11.8. The number of carbonyl (C=O) groups excluding carboxylic acids is 2. The highest BCUT2D eigenvalue weighted by molar-refractivity contribution is 5.87. The van der Waals surface area contributed by atoms with Crippen molar-refractivity contribution in [1.82, 2.24) is 9.80 Å². The van der Waals surface area contributed by atoms with Gasteiger partial charge in [0, 0.05) is 40.8 Å². The van der Waals surface area contributed by atoms with Gasteiger partial charge in [0.05, 0.1) is 0 Å². The Morgan fingerprint density at radius 1 is 0.811 bits per heavy atom. The summed E-state index contributed by atoms with van der Waals surface area (Å²) >= 11 is 0. The summed E-state index contributed by atoms with van der Waals surface area (Å²) in [6.45, 7) is 17.1. The van der Waals surface area contributed by atoms with Crippen LogP contribution in [0.15, 0.2) is 60.7 Å². The summed E-state index contributed by atoms with van der Waals surface area (Å²) in [5.41, 5.74) is 4.79. The monoisotopic (exact) mass is 506 g/mol. The number of carbonyl (C=O) groups is 2. The Balaban J connectivity index is 1.48. The van der Waals surface area contributed by atoms with Crippen LogP contribution in [0.5, 0.6) is 11.5 Å². The minimum Gasteiger partial charge on any atom is -0.478 e. The first-order valence-electron chi connectivity index (χ1n) is 12.2. The molecular weight excluding hydrogens is 472 g/mol. The highest BCUT2D eigenvalue weighted by Gasteiger charge is 2.28. The number of ether oxygens (including phenoxy) is 4. The second-order valence-corrected chi connectivity index (χ2v) is 10.2. The van der Waals surface area contributed by atoms with E-state index >= 15 is 0 Å². The smallest absolute Gasteiger partial charge is 0.334 e. The SMILES string of the molecule is C=C(C)C(=O)OCN1COc2ccc(C(C)(C)c3ccc4c(c3)CN(COC(=O)C(=C)C)CO4)cc2C1. The van der Waals surface area contributed by atoms with Crippen molar-refractivity contribution in [3.05, 3.63) is 83.0 Å². The van der Waals surface area contributed by atoms with Crippen molar-refractivity contribution in [2.75, 3.05) is 26.9 Å². The van der Waals surface area contributed by atoms with E-state index in [2.05, 4.69) is 51.3 Å². The molecule has 0 bridgehead atoms. The summed E-state index contributed by atoms with van der Waals surface area (Å²) < 4.78 is 22.4. The van der Waals surface area contributed by atoms with E-state index in [9.17, 15) is 9.59 Å². The summed E-state index contributed by atoms with van der Waals surface area (Å²) in [6, 6.07) is 12.5. The third-order valence-corrected chi connectivity index (χ3v) is 6.61. The van der Waals surface area contributed by atoms with Crippen molar-refractivity contribution in [1.29, 1.82) is 0 Å². The molecule has 0 aliphatic carbocycles. The van der Waals surface area contributed by atoms with Crippen molar-refractivity contribution in [3.63, 3.8) is 0 Å². The molecule has 8 nitrogen and oxygen atoms in total. The Labute approximate surface area is 218 Å². The average molecular weight is 507 g/mol. The number of esters is 2. The molecule has 2 aliphatic rings. The fourth-order valence-corrected chi connectivity index (χ4v) is 4.24.